The molecule has 0 bridgehead atoms. The van der Waals surface area contributed by atoms with Gasteiger partial charge in [-0.1, -0.05) is 0 Å². The first-order chi connectivity index (χ1) is 6.79. The van der Waals surface area contributed by atoms with Crippen molar-refractivity contribution >= 4 is 6.19 Å². The fraction of sp³-hybridized carbons (Fsp3) is 0.333. The molecule has 2 aliphatic carbocycles. The second-order valence-corrected chi connectivity index (χ2v) is 15.9. The summed E-state index contributed by atoms with van der Waals surface area (Å²) in [5.41, 5.74) is 0. The standard InChI is InChI=1S/2C5H5.C2H6Si.2ClH.Ti/c2*1-2-4-5-3-1;1-3-2;;;/h2*1-3H,4H2;1-2H3;2*1H;/q;;;;;+2/p-2. The second-order valence-electron chi connectivity index (χ2n) is 4.02. The van der Waals surface area contributed by atoms with Crippen LogP contribution in [-0.4, -0.2) is 6.19 Å². The normalized spacial score (nSPS) is 15.6. The minimum atomic E-state index is -1.01. The number of hydrogen-bond acceptors (Lipinski definition) is 0. The molecule has 0 amide bonds. The van der Waals surface area contributed by atoms with Crippen molar-refractivity contribution < 1.29 is 41.4 Å². The maximum atomic E-state index is 2.50. The molecule has 2 rings (SSSR count). The van der Waals surface area contributed by atoms with E-state index in [4.69, 9.17) is 0 Å². The quantitative estimate of drug-likeness (QED) is 0.497. The van der Waals surface area contributed by atoms with Crippen LogP contribution >= 0.6 is 0 Å². The van der Waals surface area contributed by atoms with Gasteiger partial charge in [-0.15, -0.1) is 0 Å². The molecule has 0 fully saturated rings. The molecule has 0 N–H and O–H groups in total. The molecule has 0 aromatic carbocycles. The Morgan fingerprint density at radius 1 is 0.938 bits per heavy atom. The van der Waals surface area contributed by atoms with E-state index in [1.807, 2.05) is 0 Å². The van der Waals surface area contributed by atoms with Crippen molar-refractivity contribution in [3.8, 4) is 0 Å². The zero-order chi connectivity index (χ0) is 9.97. The van der Waals surface area contributed by atoms with Gasteiger partial charge in [0.15, 0.2) is 0 Å². The minimum absolute atomic E-state index is 0. The summed E-state index contributed by atoms with van der Waals surface area (Å²) in [7, 11) is 0. The van der Waals surface area contributed by atoms with E-state index in [-0.39, 0.29) is 31.0 Å². The van der Waals surface area contributed by atoms with Crippen LogP contribution in [0.2, 0.25) is 13.1 Å². The van der Waals surface area contributed by atoms with Crippen LogP contribution in [0.15, 0.2) is 44.2 Å². The molecule has 0 saturated heterocycles. The summed E-state index contributed by atoms with van der Waals surface area (Å²) < 4.78 is 3.61. The van der Waals surface area contributed by atoms with Gasteiger partial charge in [0.25, 0.3) is 0 Å². The molecular weight excluding hydrogens is 291 g/mol. The van der Waals surface area contributed by atoms with Gasteiger partial charge in [-0.3, -0.25) is 0 Å². The molecule has 0 aromatic heterocycles. The van der Waals surface area contributed by atoms with Crippen LogP contribution in [0.25, 0.3) is 0 Å². The van der Waals surface area contributed by atoms with Crippen LogP contribution in [0.4, 0.5) is 0 Å². The summed E-state index contributed by atoms with van der Waals surface area (Å²) in [4.78, 5) is 0. The van der Waals surface area contributed by atoms with Gasteiger partial charge in [0.2, 0.25) is 0 Å². The van der Waals surface area contributed by atoms with Gasteiger partial charge in [-0.25, -0.2) is 0 Å². The van der Waals surface area contributed by atoms with E-state index in [1.165, 1.54) is 12.8 Å². The third-order valence-corrected chi connectivity index (χ3v) is 14.2. The predicted molar refractivity (Wildman–Crippen MR) is 61.2 cm³/mol. The van der Waals surface area contributed by atoms with E-state index in [0.29, 0.717) is 0 Å². The van der Waals surface area contributed by atoms with Crippen molar-refractivity contribution in [1.82, 2.24) is 0 Å². The molecule has 4 heteroatoms. The molecule has 2 aliphatic rings. The van der Waals surface area contributed by atoms with E-state index in [0.717, 1.165) is 0 Å². The third-order valence-electron chi connectivity index (χ3n) is 2.68. The summed E-state index contributed by atoms with van der Waals surface area (Å²) in [6.45, 7) is 5.00. The Bertz CT molecular complexity index is 367. The minimum Gasteiger partial charge on any atom is -1.00 e. The fourth-order valence-electron chi connectivity index (χ4n) is 2.11. The summed E-state index contributed by atoms with van der Waals surface area (Å²) in [6, 6.07) is 0. The Morgan fingerprint density at radius 3 is 1.62 bits per heavy atom. The number of halogens is 2. The largest absolute Gasteiger partial charge is 1.00 e. The van der Waals surface area contributed by atoms with E-state index >= 15 is 0 Å². The van der Waals surface area contributed by atoms with Crippen molar-refractivity contribution in [1.29, 1.82) is 0 Å². The summed E-state index contributed by atoms with van der Waals surface area (Å²) >= 11 is -1.01. The van der Waals surface area contributed by atoms with Crippen LogP contribution in [-0.2, 0) is 16.6 Å². The maximum Gasteiger partial charge on any atom is -1.00 e. The topological polar surface area (TPSA) is 0 Å². The maximum absolute atomic E-state index is 2.50. The molecule has 0 nitrogen and oxygen atoms in total. The summed E-state index contributed by atoms with van der Waals surface area (Å²) in [6.07, 6.45) is 16.3. The van der Waals surface area contributed by atoms with Gasteiger partial charge in [-0.05, 0) is 0 Å². The molecule has 0 aromatic rings. The van der Waals surface area contributed by atoms with Gasteiger partial charge < -0.3 is 24.8 Å². The SMILES string of the molecule is C[Si](C)=[Ti+2]([C]1=CC=CC1)[C]1=CC=CC1.[Cl-].[Cl-]. The molecular formula is C12H16Cl2SiTi. The fourth-order valence-corrected chi connectivity index (χ4v) is 13.4. The molecule has 0 aliphatic heterocycles. The predicted octanol–water partition coefficient (Wildman–Crippen LogP) is -2.45. The van der Waals surface area contributed by atoms with E-state index in [2.05, 4.69) is 49.6 Å². The van der Waals surface area contributed by atoms with E-state index in [9.17, 15) is 0 Å². The van der Waals surface area contributed by atoms with Gasteiger partial charge >= 0.3 is 92.9 Å². The Kier molecular flexibility index (Phi) is 7.96. The molecule has 0 unspecified atom stereocenters. The Morgan fingerprint density at radius 2 is 1.38 bits per heavy atom. The average molecular weight is 307 g/mol. The monoisotopic (exact) mass is 306 g/mol. The Balaban J connectivity index is 0.00000112. The molecule has 0 saturated carbocycles. The number of hydrogen-bond donors (Lipinski definition) is 0. The molecule has 0 radical (unpaired) electrons. The van der Waals surface area contributed by atoms with Crippen LogP contribution < -0.4 is 24.8 Å². The molecule has 0 atom stereocenters. The zero-order valence-corrected chi connectivity index (χ0v) is 13.7. The smallest absolute Gasteiger partial charge is 1.00 e. The zero-order valence-electron chi connectivity index (χ0n) is 9.63. The van der Waals surface area contributed by atoms with Gasteiger partial charge in [-0.2, -0.15) is 0 Å². The van der Waals surface area contributed by atoms with Crippen molar-refractivity contribution in [2.45, 2.75) is 25.9 Å². The van der Waals surface area contributed by atoms with E-state index in [1.54, 1.807) is 7.76 Å². The summed E-state index contributed by atoms with van der Waals surface area (Å²) in [5.74, 6) is 0. The third kappa shape index (κ3) is 3.75. The van der Waals surface area contributed by atoms with Crippen molar-refractivity contribution in [2.24, 2.45) is 0 Å². The first-order valence-electron chi connectivity index (χ1n) is 5.18. The van der Waals surface area contributed by atoms with Crippen LogP contribution in [0.5, 0.6) is 0 Å². The first-order valence-corrected chi connectivity index (χ1v) is 11.6. The second kappa shape index (κ2) is 7.73. The first kappa shape index (κ1) is 16.5. The summed E-state index contributed by atoms with van der Waals surface area (Å²) in [5, 5.41) is 0. The molecule has 0 spiro atoms. The van der Waals surface area contributed by atoms with E-state index < -0.39 is 16.6 Å². The average Bonchev–Trinajstić information content (AvgIpc) is 2.75. The van der Waals surface area contributed by atoms with Gasteiger partial charge in [0.05, 0.1) is 0 Å². The van der Waals surface area contributed by atoms with Crippen LogP contribution in [0, 0.1) is 0 Å². The van der Waals surface area contributed by atoms with Crippen molar-refractivity contribution in [3.63, 3.8) is 0 Å². The molecule has 86 valence electrons. The van der Waals surface area contributed by atoms with Crippen LogP contribution in [0.3, 0.4) is 0 Å². The Hall–Kier alpha value is 0.471. The molecule has 0 heterocycles. The molecule has 16 heavy (non-hydrogen) atoms. The van der Waals surface area contributed by atoms with Crippen molar-refractivity contribution in [2.75, 3.05) is 0 Å². The van der Waals surface area contributed by atoms with Gasteiger partial charge in [0.1, 0.15) is 0 Å². The number of rotatable bonds is 2. The van der Waals surface area contributed by atoms with Gasteiger partial charge in [0, 0.05) is 0 Å². The van der Waals surface area contributed by atoms with Crippen molar-refractivity contribution in [3.05, 3.63) is 44.2 Å². The Labute approximate surface area is 117 Å². The van der Waals surface area contributed by atoms with Crippen LogP contribution in [0.1, 0.15) is 12.8 Å². The number of allylic oxidation sites excluding steroid dienone is 8.